The van der Waals surface area contributed by atoms with Crippen LogP contribution in [0.4, 0.5) is 5.69 Å². The molecule has 1 N–H and O–H groups in total. The highest BCUT2D eigenvalue weighted by Crippen LogP contribution is 2.32. The fourth-order valence-corrected chi connectivity index (χ4v) is 5.94. The van der Waals surface area contributed by atoms with Crippen LogP contribution in [-0.4, -0.2) is 35.7 Å². The molecule has 0 aliphatic carbocycles. The van der Waals surface area contributed by atoms with Crippen LogP contribution >= 0.6 is 34.8 Å². The number of hydrogen-bond acceptors (Lipinski definition) is 4. The van der Waals surface area contributed by atoms with Crippen LogP contribution in [0.1, 0.15) is 43.6 Å². The van der Waals surface area contributed by atoms with Crippen LogP contribution in [0.5, 0.6) is 0 Å². The first-order valence-electron chi connectivity index (χ1n) is 9.07. The van der Waals surface area contributed by atoms with Crippen molar-refractivity contribution in [3.8, 4) is 0 Å². The van der Waals surface area contributed by atoms with Crippen molar-refractivity contribution in [2.45, 2.75) is 50.1 Å². The second-order valence-corrected chi connectivity index (χ2v) is 10.0. The summed E-state index contributed by atoms with van der Waals surface area (Å²) in [7, 11) is -3.62. The molecule has 1 aromatic carbocycles. The Labute approximate surface area is 185 Å². The number of piperidine rings is 1. The predicted octanol–water partition coefficient (Wildman–Crippen LogP) is 5.25. The number of halogens is 3. The molecule has 156 valence electrons. The molecular weight excluding hydrogens is 457 g/mol. The van der Waals surface area contributed by atoms with E-state index >= 15 is 0 Å². The Morgan fingerprint density at radius 2 is 1.66 bits per heavy atom. The Morgan fingerprint density at radius 1 is 1.07 bits per heavy atom. The van der Waals surface area contributed by atoms with Crippen LogP contribution in [0.15, 0.2) is 35.4 Å². The van der Waals surface area contributed by atoms with Crippen molar-refractivity contribution in [3.05, 3.63) is 51.2 Å². The zero-order valence-corrected chi connectivity index (χ0v) is 18.9. The van der Waals surface area contributed by atoms with E-state index in [1.165, 1.54) is 30.5 Å². The van der Waals surface area contributed by atoms with Gasteiger partial charge < -0.3 is 5.32 Å². The molecule has 0 saturated carbocycles. The Morgan fingerprint density at radius 3 is 2.24 bits per heavy atom. The minimum atomic E-state index is -3.62. The molecular formula is C19H20Cl3N3O3S. The van der Waals surface area contributed by atoms with Crippen LogP contribution in [0.2, 0.25) is 15.1 Å². The predicted molar refractivity (Wildman–Crippen MR) is 115 cm³/mol. The topological polar surface area (TPSA) is 79.4 Å². The Balaban J connectivity index is 1.80. The van der Waals surface area contributed by atoms with Gasteiger partial charge in [0.05, 0.1) is 20.0 Å². The molecule has 1 fully saturated rings. The summed E-state index contributed by atoms with van der Waals surface area (Å²) in [4.78, 5) is 16.5. The van der Waals surface area contributed by atoms with E-state index in [-0.39, 0.29) is 37.7 Å². The number of benzene rings is 1. The van der Waals surface area contributed by atoms with E-state index in [9.17, 15) is 13.2 Å². The summed E-state index contributed by atoms with van der Waals surface area (Å²) in [5.74, 6) is -0.581. The van der Waals surface area contributed by atoms with Crippen LogP contribution in [0.3, 0.4) is 0 Å². The quantitative estimate of drug-likeness (QED) is 0.654. The molecule has 2 atom stereocenters. The average Bonchev–Trinajstić information content (AvgIpc) is 2.66. The molecule has 1 aromatic heterocycles. The van der Waals surface area contributed by atoms with E-state index in [2.05, 4.69) is 10.3 Å². The van der Waals surface area contributed by atoms with Crippen LogP contribution in [0, 0.1) is 0 Å². The largest absolute Gasteiger partial charge is 0.321 e. The van der Waals surface area contributed by atoms with Crippen molar-refractivity contribution in [3.63, 3.8) is 0 Å². The SMILES string of the molecule is CC1CCCC(C)N1S(=O)(=O)c1ccc(NC(=O)c2ncc(Cl)c(Cl)c2Cl)cc1. The highest BCUT2D eigenvalue weighted by Gasteiger charge is 2.35. The van der Waals surface area contributed by atoms with Gasteiger partial charge >= 0.3 is 0 Å². The highest BCUT2D eigenvalue weighted by molar-refractivity contribution is 7.89. The first kappa shape index (κ1) is 22.3. The van der Waals surface area contributed by atoms with Gasteiger partial charge in [0.2, 0.25) is 10.0 Å². The maximum absolute atomic E-state index is 13.1. The summed E-state index contributed by atoms with van der Waals surface area (Å²) in [6.07, 6.45) is 3.94. The fourth-order valence-electron chi connectivity index (χ4n) is 3.50. The number of hydrogen-bond donors (Lipinski definition) is 1. The molecule has 2 heterocycles. The van der Waals surface area contributed by atoms with E-state index in [1.54, 1.807) is 4.31 Å². The van der Waals surface area contributed by atoms with E-state index in [1.807, 2.05) is 13.8 Å². The van der Waals surface area contributed by atoms with Gasteiger partial charge in [0.1, 0.15) is 5.69 Å². The van der Waals surface area contributed by atoms with Gasteiger partial charge in [-0.25, -0.2) is 13.4 Å². The molecule has 0 radical (unpaired) electrons. The molecule has 2 aromatic rings. The molecule has 1 amide bonds. The number of pyridine rings is 1. The van der Waals surface area contributed by atoms with E-state index in [0.717, 1.165) is 19.3 Å². The summed E-state index contributed by atoms with van der Waals surface area (Å²) >= 11 is 17.8. The smallest absolute Gasteiger partial charge is 0.275 e. The number of carbonyl (C=O) groups excluding carboxylic acids is 1. The lowest BCUT2D eigenvalue weighted by atomic mass is 10.0. The van der Waals surface area contributed by atoms with Gasteiger partial charge in [-0.15, -0.1) is 0 Å². The van der Waals surface area contributed by atoms with Crippen molar-refractivity contribution in [1.29, 1.82) is 0 Å². The molecule has 1 saturated heterocycles. The third kappa shape index (κ3) is 4.54. The molecule has 1 aliphatic heterocycles. The first-order chi connectivity index (χ1) is 13.6. The summed E-state index contributed by atoms with van der Waals surface area (Å²) in [6.45, 7) is 3.85. The first-order valence-corrected chi connectivity index (χ1v) is 11.6. The minimum absolute atomic E-state index is 0.0414. The van der Waals surface area contributed by atoms with E-state index < -0.39 is 15.9 Å². The maximum Gasteiger partial charge on any atom is 0.275 e. The lowest BCUT2D eigenvalue weighted by Gasteiger charge is -2.37. The molecule has 6 nitrogen and oxygen atoms in total. The number of nitrogens with zero attached hydrogens (tertiary/aromatic N) is 2. The Bertz CT molecular complexity index is 1020. The summed E-state index contributed by atoms with van der Waals surface area (Å²) in [6, 6.07) is 5.90. The molecule has 2 unspecified atom stereocenters. The molecule has 0 spiro atoms. The molecule has 10 heteroatoms. The Kier molecular flexibility index (Phi) is 6.75. The standard InChI is InChI=1S/C19H20Cl3N3O3S/c1-11-4-3-5-12(2)25(11)29(27,28)14-8-6-13(7-9-14)24-19(26)18-17(22)16(21)15(20)10-23-18/h6-12H,3-5H2,1-2H3,(H,24,26). The van der Waals surface area contributed by atoms with E-state index in [0.29, 0.717) is 5.69 Å². The van der Waals surface area contributed by atoms with Gasteiger partial charge in [-0.2, -0.15) is 4.31 Å². The molecule has 0 bridgehead atoms. The van der Waals surface area contributed by atoms with E-state index in [4.69, 9.17) is 34.8 Å². The maximum atomic E-state index is 13.1. The lowest BCUT2D eigenvalue weighted by Crippen LogP contribution is -2.47. The normalized spacial score (nSPS) is 20.4. The van der Waals surface area contributed by atoms with Crippen molar-refractivity contribution in [2.75, 3.05) is 5.32 Å². The summed E-state index contributed by atoms with van der Waals surface area (Å²) in [5.41, 5.74) is 0.325. The lowest BCUT2D eigenvalue weighted by molar-refractivity contribution is 0.102. The number of carbonyl (C=O) groups is 1. The summed E-state index contributed by atoms with van der Waals surface area (Å²) < 4.78 is 27.7. The van der Waals surface area contributed by atoms with Crippen molar-refractivity contribution in [2.24, 2.45) is 0 Å². The summed E-state index contributed by atoms with van der Waals surface area (Å²) in [5, 5.41) is 2.76. The number of nitrogens with one attached hydrogen (secondary N) is 1. The number of anilines is 1. The van der Waals surface area contributed by atoms with Crippen LogP contribution in [0.25, 0.3) is 0 Å². The van der Waals surface area contributed by atoms with Crippen LogP contribution < -0.4 is 5.32 Å². The molecule has 29 heavy (non-hydrogen) atoms. The zero-order chi connectivity index (χ0) is 21.3. The molecule has 1 aliphatic rings. The zero-order valence-electron chi connectivity index (χ0n) is 15.8. The van der Waals surface area contributed by atoms with Gasteiger partial charge in [0.25, 0.3) is 5.91 Å². The molecule has 3 rings (SSSR count). The van der Waals surface area contributed by atoms with Gasteiger partial charge in [-0.1, -0.05) is 41.2 Å². The van der Waals surface area contributed by atoms with Gasteiger partial charge in [0, 0.05) is 24.0 Å². The number of aromatic nitrogens is 1. The monoisotopic (exact) mass is 475 g/mol. The second kappa shape index (κ2) is 8.78. The number of sulfonamides is 1. The van der Waals surface area contributed by atoms with Crippen molar-refractivity contribution < 1.29 is 13.2 Å². The van der Waals surface area contributed by atoms with Crippen molar-refractivity contribution >= 4 is 56.4 Å². The van der Waals surface area contributed by atoms with Gasteiger partial charge in [-0.3, -0.25) is 4.79 Å². The highest BCUT2D eigenvalue weighted by atomic mass is 35.5. The van der Waals surface area contributed by atoms with Crippen LogP contribution in [-0.2, 0) is 10.0 Å². The fraction of sp³-hybridized carbons (Fsp3) is 0.368. The third-order valence-corrected chi connectivity index (χ3v) is 8.32. The third-order valence-electron chi connectivity index (χ3n) is 4.93. The number of rotatable bonds is 4. The minimum Gasteiger partial charge on any atom is -0.321 e. The number of amides is 1. The van der Waals surface area contributed by atoms with Crippen molar-refractivity contribution in [1.82, 2.24) is 9.29 Å². The van der Waals surface area contributed by atoms with Gasteiger partial charge in [-0.05, 0) is 51.0 Å². The Hall–Kier alpha value is -1.38. The average molecular weight is 477 g/mol. The van der Waals surface area contributed by atoms with Gasteiger partial charge in [0.15, 0.2) is 0 Å². The second-order valence-electron chi connectivity index (χ2n) is 7.03.